The van der Waals surface area contributed by atoms with Crippen LogP contribution in [0.5, 0.6) is 0 Å². The summed E-state index contributed by atoms with van der Waals surface area (Å²) in [6, 6.07) is 72.4. The van der Waals surface area contributed by atoms with Gasteiger partial charge in [0, 0.05) is 50.5 Å². The van der Waals surface area contributed by atoms with Gasteiger partial charge in [-0.3, -0.25) is 0 Å². The minimum atomic E-state index is 0.139. The highest BCUT2D eigenvalue weighted by atomic mass is 16.3. The molecule has 0 bridgehead atoms. The molecule has 12 rings (SSSR count). The van der Waals surface area contributed by atoms with E-state index in [0.717, 1.165) is 61.2 Å². The molecule has 1 aliphatic carbocycles. The second-order valence-electron chi connectivity index (χ2n) is 15.9. The first-order chi connectivity index (χ1) is 30.7. The van der Waals surface area contributed by atoms with E-state index in [2.05, 4.69) is 211 Å². The van der Waals surface area contributed by atoms with Crippen LogP contribution in [0.15, 0.2) is 217 Å². The van der Waals surface area contributed by atoms with Crippen molar-refractivity contribution < 1.29 is 4.42 Å². The van der Waals surface area contributed by atoms with Crippen LogP contribution in [0.1, 0.15) is 22.8 Å². The monoisotopic (exact) mass is 794 g/mol. The summed E-state index contributed by atoms with van der Waals surface area (Å²) in [5.74, 6) is 2.92. The predicted octanol–water partition coefficient (Wildman–Crippen LogP) is 14.3. The van der Waals surface area contributed by atoms with E-state index in [4.69, 9.17) is 19.4 Å². The molecule has 2 unspecified atom stereocenters. The van der Waals surface area contributed by atoms with Crippen molar-refractivity contribution >= 4 is 28.4 Å². The molecule has 0 fully saturated rings. The molecule has 0 N–H and O–H groups in total. The predicted molar refractivity (Wildman–Crippen MR) is 252 cm³/mol. The largest absolute Gasteiger partial charge is 0.456 e. The van der Waals surface area contributed by atoms with Crippen molar-refractivity contribution in [1.82, 2.24) is 15.0 Å². The Morgan fingerprint density at radius 2 is 0.935 bits per heavy atom. The van der Waals surface area contributed by atoms with Gasteiger partial charge >= 0.3 is 0 Å². The summed E-state index contributed by atoms with van der Waals surface area (Å²) in [5.41, 5.74) is 15.3. The maximum absolute atomic E-state index is 6.82. The topological polar surface area (TPSA) is 55.1 Å². The number of anilines is 2. The number of benzene rings is 8. The van der Waals surface area contributed by atoms with Crippen LogP contribution in [0.4, 0.5) is 11.4 Å². The molecule has 0 saturated carbocycles. The van der Waals surface area contributed by atoms with Crippen molar-refractivity contribution in [2.24, 2.45) is 0 Å². The average Bonchev–Trinajstić information content (AvgIpc) is 3.91. The molecule has 292 valence electrons. The Balaban J connectivity index is 0.926. The van der Waals surface area contributed by atoms with Gasteiger partial charge in [-0.2, -0.15) is 0 Å². The molecule has 3 heterocycles. The zero-order valence-corrected chi connectivity index (χ0v) is 33.6. The lowest BCUT2D eigenvalue weighted by molar-refractivity contribution is 0.585. The van der Waals surface area contributed by atoms with E-state index in [-0.39, 0.29) is 12.0 Å². The number of hydrogen-bond donors (Lipinski definition) is 0. The second kappa shape index (κ2) is 14.8. The molecule has 8 aromatic carbocycles. The van der Waals surface area contributed by atoms with Gasteiger partial charge in [0.05, 0.1) is 6.04 Å². The molecule has 0 saturated heterocycles. The first kappa shape index (κ1) is 35.8. The van der Waals surface area contributed by atoms with Crippen LogP contribution in [-0.2, 0) is 0 Å². The first-order valence-corrected chi connectivity index (χ1v) is 21.1. The van der Waals surface area contributed by atoms with Gasteiger partial charge in [0.25, 0.3) is 0 Å². The van der Waals surface area contributed by atoms with E-state index in [1.54, 1.807) is 0 Å². The number of furan rings is 1. The summed E-state index contributed by atoms with van der Waals surface area (Å²) >= 11 is 0. The number of rotatable bonds is 7. The summed E-state index contributed by atoms with van der Waals surface area (Å²) in [7, 11) is 0. The molecule has 5 heteroatoms. The zero-order chi connectivity index (χ0) is 41.0. The summed E-state index contributed by atoms with van der Waals surface area (Å²) in [4.78, 5) is 17.8. The lowest BCUT2D eigenvalue weighted by Gasteiger charge is -2.30. The molecular formula is C57H38N4O. The smallest absolute Gasteiger partial charge is 0.164 e. The Kier molecular flexibility index (Phi) is 8.56. The van der Waals surface area contributed by atoms with Gasteiger partial charge in [0.2, 0.25) is 0 Å². The first-order valence-electron chi connectivity index (χ1n) is 21.1. The molecule has 2 atom stereocenters. The zero-order valence-electron chi connectivity index (χ0n) is 33.6. The van der Waals surface area contributed by atoms with E-state index >= 15 is 0 Å². The van der Waals surface area contributed by atoms with Crippen molar-refractivity contribution in [2.45, 2.75) is 12.0 Å². The van der Waals surface area contributed by atoms with Crippen LogP contribution >= 0.6 is 0 Å². The fourth-order valence-corrected chi connectivity index (χ4v) is 9.37. The van der Waals surface area contributed by atoms with Gasteiger partial charge in [-0.25, -0.2) is 15.0 Å². The quantitative estimate of drug-likeness (QED) is 0.161. The van der Waals surface area contributed by atoms with Gasteiger partial charge in [0.15, 0.2) is 17.5 Å². The molecule has 0 radical (unpaired) electrons. The summed E-state index contributed by atoms with van der Waals surface area (Å²) in [6.45, 7) is 0. The van der Waals surface area contributed by atoms with Crippen LogP contribution in [0.25, 0.3) is 84.6 Å². The van der Waals surface area contributed by atoms with E-state index in [9.17, 15) is 0 Å². The van der Waals surface area contributed by atoms with Gasteiger partial charge in [-0.15, -0.1) is 0 Å². The Hall–Kier alpha value is -8.15. The van der Waals surface area contributed by atoms with Crippen molar-refractivity contribution in [3.8, 4) is 67.5 Å². The SMILES string of the molecule is C1=CC2C(c3ccccc3N2c2ccccc2)c2c1oc1c(-c3ccc(-c4nc(-c5ccc(-c6ccccc6)cc5)nc(-c5cccc(-c6ccccc6)c5)n4)cc3)cccc21. The maximum Gasteiger partial charge on any atom is 0.164 e. The van der Waals surface area contributed by atoms with Crippen LogP contribution in [0.2, 0.25) is 0 Å². The van der Waals surface area contributed by atoms with Gasteiger partial charge in [-0.05, 0) is 63.7 Å². The molecule has 0 spiro atoms. The third-order valence-corrected chi connectivity index (χ3v) is 12.3. The van der Waals surface area contributed by atoms with Gasteiger partial charge < -0.3 is 9.32 Å². The summed E-state index contributed by atoms with van der Waals surface area (Å²) < 4.78 is 6.82. The third kappa shape index (κ3) is 6.13. The lowest BCUT2D eigenvalue weighted by atomic mass is 9.82. The van der Waals surface area contributed by atoms with Gasteiger partial charge in [-0.1, -0.05) is 188 Å². The van der Waals surface area contributed by atoms with Crippen LogP contribution in [0.3, 0.4) is 0 Å². The molecule has 62 heavy (non-hydrogen) atoms. The summed E-state index contributed by atoms with van der Waals surface area (Å²) in [6.07, 6.45) is 4.48. The minimum absolute atomic E-state index is 0.139. The molecule has 1 aliphatic heterocycles. The Bertz CT molecular complexity index is 3290. The van der Waals surface area contributed by atoms with E-state index < -0.39 is 0 Å². The highest BCUT2D eigenvalue weighted by Crippen LogP contribution is 2.54. The molecule has 2 aliphatic rings. The van der Waals surface area contributed by atoms with Crippen LogP contribution in [0, 0.1) is 0 Å². The number of nitrogens with zero attached hydrogens (tertiary/aromatic N) is 4. The molecule has 5 nitrogen and oxygen atoms in total. The van der Waals surface area contributed by atoms with Crippen molar-refractivity contribution in [3.63, 3.8) is 0 Å². The molecule has 2 aromatic heterocycles. The number of aromatic nitrogens is 3. The van der Waals surface area contributed by atoms with E-state index in [0.29, 0.717) is 17.5 Å². The normalized spacial score (nSPS) is 15.0. The maximum atomic E-state index is 6.82. The van der Waals surface area contributed by atoms with Crippen molar-refractivity contribution in [2.75, 3.05) is 4.90 Å². The van der Waals surface area contributed by atoms with E-state index in [1.807, 2.05) is 12.1 Å². The number of para-hydroxylation sites is 3. The Morgan fingerprint density at radius 3 is 1.63 bits per heavy atom. The fourth-order valence-electron chi connectivity index (χ4n) is 9.37. The highest BCUT2D eigenvalue weighted by molar-refractivity contribution is 5.98. The molecule has 0 amide bonds. The molecule has 10 aromatic rings. The van der Waals surface area contributed by atoms with Crippen LogP contribution < -0.4 is 4.90 Å². The Labute approximate surface area is 360 Å². The number of hydrogen-bond acceptors (Lipinski definition) is 5. The standard InChI is InChI=1S/C57H38N4O/c1-4-14-37(15-5-1)39-26-30-41(31-27-39)55-58-56(60-57(59-55)44-19-12-18-43(36-44)38-16-6-2-7-17-38)42-32-28-40(29-33-42)46-23-13-24-48-53-51(62-54(46)48)35-34-50-52(53)47-22-10-11-25-49(47)61(50)45-20-8-3-9-21-45/h1-36,50,52H. The van der Waals surface area contributed by atoms with E-state index in [1.165, 1.54) is 28.1 Å². The minimum Gasteiger partial charge on any atom is -0.456 e. The Morgan fingerprint density at radius 1 is 0.419 bits per heavy atom. The number of fused-ring (bicyclic) bond motifs is 7. The second-order valence-corrected chi connectivity index (χ2v) is 15.9. The van der Waals surface area contributed by atoms with Crippen LogP contribution in [-0.4, -0.2) is 21.0 Å². The molecular weight excluding hydrogens is 757 g/mol. The third-order valence-electron chi connectivity index (χ3n) is 12.3. The van der Waals surface area contributed by atoms with Gasteiger partial charge in [0.1, 0.15) is 11.3 Å². The summed E-state index contributed by atoms with van der Waals surface area (Å²) in [5, 5.41) is 1.15. The fraction of sp³-hybridized carbons (Fsp3) is 0.0351. The lowest BCUT2D eigenvalue weighted by Crippen LogP contribution is -2.30. The van der Waals surface area contributed by atoms with Crippen molar-refractivity contribution in [3.05, 3.63) is 229 Å². The van der Waals surface area contributed by atoms with Crippen molar-refractivity contribution in [1.29, 1.82) is 0 Å². The average molecular weight is 795 g/mol. The highest BCUT2D eigenvalue weighted by Gasteiger charge is 2.43.